The molecule has 0 spiro atoms. The average molecular weight is 412 g/mol. The Morgan fingerprint density at radius 1 is 1.47 bits per heavy atom. The Bertz CT molecular complexity index is 402. The third-order valence-corrected chi connectivity index (χ3v) is 4.86. The number of guanidine groups is 1. The molecule has 2 rings (SSSR count). The van der Waals surface area contributed by atoms with Gasteiger partial charge in [0.25, 0.3) is 0 Å². The quantitative estimate of drug-likeness (QED) is 0.468. The smallest absolute Gasteiger partial charge is 0.191 e. The van der Waals surface area contributed by atoms with E-state index in [2.05, 4.69) is 27.2 Å². The van der Waals surface area contributed by atoms with Crippen LogP contribution in [0, 0.1) is 0 Å². The van der Waals surface area contributed by atoms with Gasteiger partial charge in [0.15, 0.2) is 5.96 Å². The maximum absolute atomic E-state index is 5.99. The molecule has 19 heavy (non-hydrogen) atoms. The summed E-state index contributed by atoms with van der Waals surface area (Å²) >= 11 is 3.71. The van der Waals surface area contributed by atoms with E-state index in [9.17, 15) is 0 Å². The maximum Gasteiger partial charge on any atom is 0.191 e. The second-order valence-corrected chi connectivity index (χ2v) is 6.34. The molecule has 1 aromatic rings. The van der Waals surface area contributed by atoms with Gasteiger partial charge in [0, 0.05) is 42.9 Å². The number of aryl methyl sites for hydroxylation is 1. The zero-order chi connectivity index (χ0) is 12.8. The summed E-state index contributed by atoms with van der Waals surface area (Å²) in [6, 6.07) is 0. The monoisotopic (exact) mass is 412 g/mol. The standard InChI is InChI=1S/C12H20N4S2.HI/c1-2-11-15-10(9-18-11)3-4-14-12(13)16-5-7-17-8-6-16;/h9H,2-8H2,1H3,(H2,13,14);1H. The topological polar surface area (TPSA) is 54.5 Å². The summed E-state index contributed by atoms with van der Waals surface area (Å²) in [6.07, 6.45) is 1.90. The van der Waals surface area contributed by atoms with Gasteiger partial charge in [0.05, 0.1) is 10.7 Å². The molecule has 0 aromatic carbocycles. The van der Waals surface area contributed by atoms with E-state index in [1.165, 1.54) is 5.01 Å². The molecule has 108 valence electrons. The predicted molar refractivity (Wildman–Crippen MR) is 96.0 cm³/mol. The lowest BCUT2D eigenvalue weighted by atomic mass is 10.3. The molecule has 1 aromatic heterocycles. The number of hydrogen-bond acceptors (Lipinski definition) is 4. The molecule has 1 aliphatic rings. The normalized spacial score (nSPS) is 16.3. The summed E-state index contributed by atoms with van der Waals surface area (Å²) in [7, 11) is 0. The van der Waals surface area contributed by atoms with E-state index >= 15 is 0 Å². The highest BCUT2D eigenvalue weighted by molar-refractivity contribution is 14.0. The van der Waals surface area contributed by atoms with E-state index in [0.717, 1.165) is 49.7 Å². The first kappa shape index (κ1) is 17.0. The molecule has 0 aliphatic carbocycles. The number of thioether (sulfide) groups is 1. The van der Waals surface area contributed by atoms with Crippen molar-refractivity contribution in [3.05, 3.63) is 16.1 Å². The minimum atomic E-state index is 0. The van der Waals surface area contributed by atoms with E-state index in [0.29, 0.717) is 5.96 Å². The molecule has 2 N–H and O–H groups in total. The van der Waals surface area contributed by atoms with Crippen LogP contribution in [0.1, 0.15) is 17.6 Å². The van der Waals surface area contributed by atoms with Crippen molar-refractivity contribution >= 4 is 53.0 Å². The summed E-state index contributed by atoms with van der Waals surface area (Å²) in [6.45, 7) is 4.92. The van der Waals surface area contributed by atoms with E-state index in [-0.39, 0.29) is 24.0 Å². The molecule has 1 aliphatic heterocycles. The molecular formula is C12H21IN4S2. The van der Waals surface area contributed by atoms with Crippen LogP contribution in [0.25, 0.3) is 0 Å². The van der Waals surface area contributed by atoms with Gasteiger partial charge >= 0.3 is 0 Å². The minimum absolute atomic E-state index is 0. The van der Waals surface area contributed by atoms with Gasteiger partial charge in [-0.15, -0.1) is 35.3 Å². The van der Waals surface area contributed by atoms with Crippen LogP contribution in [0.5, 0.6) is 0 Å². The zero-order valence-electron chi connectivity index (χ0n) is 11.2. The molecule has 0 atom stereocenters. The molecule has 0 saturated carbocycles. The Morgan fingerprint density at radius 3 is 2.84 bits per heavy atom. The van der Waals surface area contributed by atoms with Crippen molar-refractivity contribution in [3.8, 4) is 0 Å². The van der Waals surface area contributed by atoms with Crippen molar-refractivity contribution < 1.29 is 0 Å². The lowest BCUT2D eigenvalue weighted by Gasteiger charge is -2.27. The molecular weight excluding hydrogens is 391 g/mol. The van der Waals surface area contributed by atoms with Crippen molar-refractivity contribution in [1.82, 2.24) is 9.88 Å². The second kappa shape index (κ2) is 9.02. The van der Waals surface area contributed by atoms with Gasteiger partial charge < -0.3 is 10.6 Å². The highest BCUT2D eigenvalue weighted by Gasteiger charge is 2.11. The summed E-state index contributed by atoms with van der Waals surface area (Å²) in [5.74, 6) is 3.01. The third-order valence-electron chi connectivity index (χ3n) is 2.88. The third kappa shape index (κ3) is 5.47. The van der Waals surface area contributed by atoms with Gasteiger partial charge in [-0.05, 0) is 6.42 Å². The molecule has 0 unspecified atom stereocenters. The number of halogens is 1. The molecule has 0 amide bonds. The van der Waals surface area contributed by atoms with Gasteiger partial charge in [-0.3, -0.25) is 4.99 Å². The van der Waals surface area contributed by atoms with E-state index in [1.807, 2.05) is 11.8 Å². The van der Waals surface area contributed by atoms with Crippen LogP contribution in [0.15, 0.2) is 10.4 Å². The second-order valence-electron chi connectivity index (χ2n) is 4.18. The van der Waals surface area contributed by atoms with E-state index < -0.39 is 0 Å². The lowest BCUT2D eigenvalue weighted by molar-refractivity contribution is 0.456. The van der Waals surface area contributed by atoms with Crippen molar-refractivity contribution in [1.29, 1.82) is 0 Å². The predicted octanol–water partition coefficient (Wildman–Crippen LogP) is 2.23. The van der Waals surface area contributed by atoms with Crippen LogP contribution in [0.4, 0.5) is 0 Å². The fourth-order valence-corrected chi connectivity index (χ4v) is 3.49. The fraction of sp³-hybridized carbons (Fsp3) is 0.667. The lowest BCUT2D eigenvalue weighted by Crippen LogP contribution is -2.42. The van der Waals surface area contributed by atoms with E-state index in [4.69, 9.17) is 5.73 Å². The number of aliphatic imine (C=N–C) groups is 1. The van der Waals surface area contributed by atoms with Gasteiger partial charge in [0.2, 0.25) is 0 Å². The molecule has 2 heterocycles. The van der Waals surface area contributed by atoms with Crippen LogP contribution >= 0.6 is 47.1 Å². The maximum atomic E-state index is 5.99. The van der Waals surface area contributed by atoms with Gasteiger partial charge in [-0.2, -0.15) is 11.8 Å². The van der Waals surface area contributed by atoms with Crippen molar-refractivity contribution in [2.45, 2.75) is 19.8 Å². The van der Waals surface area contributed by atoms with E-state index in [1.54, 1.807) is 11.3 Å². The number of hydrogen-bond donors (Lipinski definition) is 1. The van der Waals surface area contributed by atoms with Crippen LogP contribution < -0.4 is 5.73 Å². The largest absolute Gasteiger partial charge is 0.370 e. The van der Waals surface area contributed by atoms with Gasteiger partial charge in [-0.1, -0.05) is 6.92 Å². The highest BCUT2D eigenvalue weighted by Crippen LogP contribution is 2.11. The summed E-state index contributed by atoms with van der Waals surface area (Å²) in [5, 5.41) is 3.33. The number of nitrogens with two attached hydrogens (primary N) is 1. The summed E-state index contributed by atoms with van der Waals surface area (Å²) < 4.78 is 0. The Hall–Kier alpha value is -0.0200. The average Bonchev–Trinajstić information content (AvgIpc) is 2.87. The molecule has 1 saturated heterocycles. The fourth-order valence-electron chi connectivity index (χ4n) is 1.80. The number of rotatable bonds is 4. The SMILES string of the molecule is CCc1nc(CCN=C(N)N2CCSCC2)cs1.I. The molecule has 4 nitrogen and oxygen atoms in total. The van der Waals surface area contributed by atoms with Crippen LogP contribution in [-0.2, 0) is 12.8 Å². The Kier molecular flexibility index (Phi) is 8.08. The first-order valence-corrected chi connectivity index (χ1v) is 8.39. The summed E-state index contributed by atoms with van der Waals surface area (Å²) in [5.41, 5.74) is 7.13. The Labute approximate surface area is 140 Å². The zero-order valence-corrected chi connectivity index (χ0v) is 15.1. The molecule has 1 fully saturated rings. The summed E-state index contributed by atoms with van der Waals surface area (Å²) in [4.78, 5) is 11.2. The van der Waals surface area contributed by atoms with Crippen LogP contribution in [0.3, 0.4) is 0 Å². The van der Waals surface area contributed by atoms with Gasteiger partial charge in [0.1, 0.15) is 0 Å². The molecule has 0 radical (unpaired) electrons. The van der Waals surface area contributed by atoms with Crippen molar-refractivity contribution in [3.63, 3.8) is 0 Å². The van der Waals surface area contributed by atoms with Gasteiger partial charge in [-0.25, -0.2) is 4.98 Å². The minimum Gasteiger partial charge on any atom is -0.370 e. The Balaban J connectivity index is 0.00000180. The number of nitrogens with zero attached hydrogens (tertiary/aromatic N) is 3. The van der Waals surface area contributed by atoms with Crippen LogP contribution in [0.2, 0.25) is 0 Å². The Morgan fingerprint density at radius 2 is 2.21 bits per heavy atom. The first-order chi connectivity index (χ1) is 8.79. The van der Waals surface area contributed by atoms with Crippen LogP contribution in [-0.4, -0.2) is 47.0 Å². The number of aromatic nitrogens is 1. The van der Waals surface area contributed by atoms with Crippen molar-refractivity contribution in [2.75, 3.05) is 31.1 Å². The first-order valence-electron chi connectivity index (χ1n) is 6.35. The highest BCUT2D eigenvalue weighted by atomic mass is 127. The number of thiazole rings is 1. The molecule has 0 bridgehead atoms. The molecule has 7 heteroatoms. The van der Waals surface area contributed by atoms with Crippen molar-refractivity contribution in [2.24, 2.45) is 10.7 Å².